The van der Waals surface area contributed by atoms with Crippen molar-refractivity contribution in [3.8, 4) is 0 Å². The van der Waals surface area contributed by atoms with Crippen molar-refractivity contribution in [2.24, 2.45) is 0 Å². The fraction of sp³-hybridized carbons (Fsp3) is 0.692. The maximum Gasteiger partial charge on any atom is 0.305 e. The number of hydrogen-bond acceptors (Lipinski definition) is 4. The Balaban J connectivity index is 2.37. The molecule has 1 saturated heterocycles. The van der Waals surface area contributed by atoms with Crippen molar-refractivity contribution in [1.82, 2.24) is 14.1 Å². The number of rotatable bonds is 5. The Bertz CT molecular complexity index is 651. The van der Waals surface area contributed by atoms with Gasteiger partial charge in [-0.25, -0.2) is 8.42 Å². The molecule has 1 aliphatic rings. The molecule has 2 heterocycles. The molecule has 1 fully saturated rings. The van der Waals surface area contributed by atoms with Crippen LogP contribution in [-0.4, -0.2) is 46.2 Å². The first-order chi connectivity index (χ1) is 9.75. The minimum absolute atomic E-state index is 0.00355. The van der Waals surface area contributed by atoms with Crippen molar-refractivity contribution in [3.05, 3.63) is 11.4 Å². The summed E-state index contributed by atoms with van der Waals surface area (Å²) in [4.78, 5) is 10.9. The fourth-order valence-corrected chi connectivity index (χ4v) is 4.93. The average Bonchev–Trinajstić information content (AvgIpc) is 2.91. The molecule has 0 spiro atoms. The topological polar surface area (TPSA) is 92.5 Å². The number of aryl methyl sites for hydroxylation is 2. The molecule has 1 aliphatic heterocycles. The van der Waals surface area contributed by atoms with Crippen LogP contribution in [0.5, 0.6) is 0 Å². The zero-order valence-corrected chi connectivity index (χ0v) is 13.4. The summed E-state index contributed by atoms with van der Waals surface area (Å²) >= 11 is 0. The van der Waals surface area contributed by atoms with Gasteiger partial charge in [-0.2, -0.15) is 9.40 Å². The van der Waals surface area contributed by atoms with E-state index in [-0.39, 0.29) is 23.9 Å². The number of hydrogen-bond donors (Lipinski definition) is 1. The van der Waals surface area contributed by atoms with Gasteiger partial charge in [0.05, 0.1) is 24.4 Å². The molecule has 1 N–H and O–H groups in total. The number of aliphatic carboxylic acids is 1. The van der Waals surface area contributed by atoms with Crippen LogP contribution in [0.3, 0.4) is 0 Å². The molecule has 0 saturated carbocycles. The van der Waals surface area contributed by atoms with Crippen molar-refractivity contribution < 1.29 is 18.3 Å². The van der Waals surface area contributed by atoms with E-state index >= 15 is 0 Å². The maximum absolute atomic E-state index is 12.8. The number of carboxylic acid groups (broad SMARTS) is 1. The molecule has 2 rings (SSSR count). The molecule has 1 unspecified atom stereocenters. The lowest BCUT2D eigenvalue weighted by Crippen LogP contribution is -2.34. The third-order valence-electron chi connectivity index (χ3n) is 3.91. The van der Waals surface area contributed by atoms with Gasteiger partial charge in [0.25, 0.3) is 0 Å². The SMILES string of the molecule is Cc1nn(CCC(=O)O)c(C)c1S(=O)(=O)N1CCCC1C. The van der Waals surface area contributed by atoms with Gasteiger partial charge in [-0.15, -0.1) is 0 Å². The molecule has 118 valence electrons. The van der Waals surface area contributed by atoms with Gasteiger partial charge in [-0.05, 0) is 33.6 Å². The quantitative estimate of drug-likeness (QED) is 0.880. The van der Waals surface area contributed by atoms with Crippen molar-refractivity contribution in [2.45, 2.75) is 57.5 Å². The molecule has 7 nitrogen and oxygen atoms in total. The minimum Gasteiger partial charge on any atom is -0.481 e. The molecule has 1 aromatic rings. The van der Waals surface area contributed by atoms with E-state index in [9.17, 15) is 13.2 Å². The van der Waals surface area contributed by atoms with Crippen molar-refractivity contribution >= 4 is 16.0 Å². The lowest BCUT2D eigenvalue weighted by molar-refractivity contribution is -0.137. The van der Waals surface area contributed by atoms with Gasteiger partial charge in [-0.3, -0.25) is 9.48 Å². The van der Waals surface area contributed by atoms with Crippen LogP contribution in [0.25, 0.3) is 0 Å². The second kappa shape index (κ2) is 5.76. The lowest BCUT2D eigenvalue weighted by Gasteiger charge is -2.21. The first-order valence-corrected chi connectivity index (χ1v) is 8.46. The Morgan fingerprint density at radius 1 is 1.43 bits per heavy atom. The summed E-state index contributed by atoms with van der Waals surface area (Å²) in [5.41, 5.74) is 0.935. The van der Waals surface area contributed by atoms with Crippen molar-refractivity contribution in [3.63, 3.8) is 0 Å². The van der Waals surface area contributed by atoms with Gasteiger partial charge in [0.2, 0.25) is 10.0 Å². The molecule has 0 aromatic carbocycles. The van der Waals surface area contributed by atoms with Crippen LogP contribution in [0.1, 0.15) is 37.6 Å². The van der Waals surface area contributed by atoms with E-state index in [0.717, 1.165) is 12.8 Å². The van der Waals surface area contributed by atoms with E-state index in [1.165, 1.54) is 8.99 Å². The maximum atomic E-state index is 12.8. The summed E-state index contributed by atoms with van der Waals surface area (Å²) < 4.78 is 28.6. The average molecular weight is 315 g/mol. The predicted octanol–water partition coefficient (Wildman–Crippen LogP) is 1.15. The Morgan fingerprint density at radius 2 is 2.10 bits per heavy atom. The van der Waals surface area contributed by atoms with E-state index in [4.69, 9.17) is 5.11 Å². The minimum atomic E-state index is -3.56. The number of carbonyl (C=O) groups is 1. The van der Waals surface area contributed by atoms with Crippen molar-refractivity contribution in [2.75, 3.05) is 6.54 Å². The van der Waals surface area contributed by atoms with E-state index < -0.39 is 16.0 Å². The third kappa shape index (κ3) is 2.96. The van der Waals surface area contributed by atoms with Gasteiger partial charge in [0.1, 0.15) is 4.90 Å². The zero-order valence-electron chi connectivity index (χ0n) is 12.5. The monoisotopic (exact) mass is 315 g/mol. The summed E-state index contributed by atoms with van der Waals surface area (Å²) in [5.74, 6) is -0.930. The standard InChI is InChI=1S/C13H21N3O4S/c1-9-5-4-7-16(9)21(19,20)13-10(2)14-15(11(13)3)8-6-12(17)18/h9H,4-8H2,1-3H3,(H,17,18). The van der Waals surface area contributed by atoms with Gasteiger partial charge in [-0.1, -0.05) is 0 Å². The molecule has 1 aromatic heterocycles. The summed E-state index contributed by atoms with van der Waals surface area (Å²) in [7, 11) is -3.56. The van der Waals surface area contributed by atoms with Crippen LogP contribution in [-0.2, 0) is 21.4 Å². The highest BCUT2D eigenvalue weighted by Crippen LogP contribution is 2.29. The Morgan fingerprint density at radius 3 is 2.62 bits per heavy atom. The summed E-state index contributed by atoms with van der Waals surface area (Å²) in [5, 5.41) is 12.9. The summed E-state index contributed by atoms with van der Waals surface area (Å²) in [6.07, 6.45) is 1.65. The molecular weight excluding hydrogens is 294 g/mol. The van der Waals surface area contributed by atoms with E-state index in [1.807, 2.05) is 6.92 Å². The fourth-order valence-electron chi connectivity index (χ4n) is 2.85. The zero-order chi connectivity index (χ0) is 15.8. The summed E-state index contributed by atoms with van der Waals surface area (Å²) in [6.45, 7) is 5.94. The number of nitrogens with zero attached hydrogens (tertiary/aromatic N) is 3. The molecule has 21 heavy (non-hydrogen) atoms. The van der Waals surface area contributed by atoms with Crippen LogP contribution in [0.15, 0.2) is 4.90 Å². The second-order valence-corrected chi connectivity index (χ2v) is 7.30. The van der Waals surface area contributed by atoms with Crippen molar-refractivity contribution in [1.29, 1.82) is 0 Å². The van der Waals surface area contributed by atoms with Crippen LogP contribution in [0.4, 0.5) is 0 Å². The van der Waals surface area contributed by atoms with E-state index in [2.05, 4.69) is 5.10 Å². The number of sulfonamides is 1. The largest absolute Gasteiger partial charge is 0.481 e. The molecule has 0 aliphatic carbocycles. The number of carboxylic acids is 1. The van der Waals surface area contributed by atoms with Gasteiger partial charge >= 0.3 is 5.97 Å². The van der Waals surface area contributed by atoms with Gasteiger partial charge in [0, 0.05) is 12.6 Å². The van der Waals surface area contributed by atoms with E-state index in [1.54, 1.807) is 13.8 Å². The van der Waals surface area contributed by atoms with Gasteiger partial charge in [0.15, 0.2) is 0 Å². The number of aromatic nitrogens is 2. The lowest BCUT2D eigenvalue weighted by atomic mass is 10.3. The Kier molecular flexibility index (Phi) is 4.38. The molecule has 0 amide bonds. The molecule has 8 heteroatoms. The second-order valence-electron chi connectivity index (χ2n) is 5.47. The first-order valence-electron chi connectivity index (χ1n) is 7.02. The Labute approximate surface area is 124 Å². The van der Waals surface area contributed by atoms with E-state index in [0.29, 0.717) is 17.9 Å². The first kappa shape index (κ1) is 16.0. The molecule has 0 bridgehead atoms. The predicted molar refractivity (Wildman–Crippen MR) is 76.5 cm³/mol. The highest BCUT2D eigenvalue weighted by atomic mass is 32.2. The van der Waals surface area contributed by atoms with Crippen LogP contribution < -0.4 is 0 Å². The van der Waals surface area contributed by atoms with Crippen LogP contribution in [0.2, 0.25) is 0 Å². The van der Waals surface area contributed by atoms with Crippen LogP contribution >= 0.6 is 0 Å². The van der Waals surface area contributed by atoms with Gasteiger partial charge < -0.3 is 5.11 Å². The highest BCUT2D eigenvalue weighted by Gasteiger charge is 2.36. The third-order valence-corrected chi connectivity index (χ3v) is 6.18. The normalized spacial score (nSPS) is 20.0. The Hall–Kier alpha value is -1.41. The molecule has 1 atom stereocenters. The molecule has 0 radical (unpaired) electrons. The summed E-state index contributed by atoms with van der Waals surface area (Å²) in [6, 6.07) is -0.00355. The highest BCUT2D eigenvalue weighted by molar-refractivity contribution is 7.89. The molecular formula is C13H21N3O4S. The van der Waals surface area contributed by atoms with Crippen LogP contribution in [0, 0.1) is 13.8 Å². The smallest absolute Gasteiger partial charge is 0.305 e.